The van der Waals surface area contributed by atoms with E-state index in [0.717, 1.165) is 12.8 Å². The Hall–Kier alpha value is -0.440. The zero-order valence-electron chi connectivity index (χ0n) is 8.12. The molecule has 2 unspecified atom stereocenters. The van der Waals surface area contributed by atoms with Crippen molar-refractivity contribution < 1.29 is 9.47 Å². The normalized spacial score (nSPS) is 27.9. The van der Waals surface area contributed by atoms with Crippen LogP contribution in [0.4, 0.5) is 0 Å². The molecule has 1 fully saturated rings. The number of rotatable bonds is 1. The Balaban J connectivity index is 2.53. The maximum absolute atomic E-state index is 6.12. The van der Waals surface area contributed by atoms with Crippen LogP contribution in [0.15, 0.2) is 4.99 Å². The fourth-order valence-electron chi connectivity index (χ4n) is 1.54. The van der Waals surface area contributed by atoms with E-state index >= 15 is 0 Å². The topological polar surface area (TPSA) is 30.8 Å². The van der Waals surface area contributed by atoms with Gasteiger partial charge in [-0.05, 0) is 12.8 Å². The Bertz CT molecular complexity index is 178. The third kappa shape index (κ3) is 3.07. The van der Waals surface area contributed by atoms with E-state index in [4.69, 9.17) is 21.1 Å². The molecule has 13 heavy (non-hydrogen) atoms. The van der Waals surface area contributed by atoms with Crippen molar-refractivity contribution in [3.8, 4) is 0 Å². The second-order valence-corrected chi connectivity index (χ2v) is 3.73. The molecule has 0 radical (unpaired) electrons. The molecule has 1 aliphatic rings. The van der Waals surface area contributed by atoms with Crippen LogP contribution in [0, 0.1) is 0 Å². The minimum absolute atomic E-state index is 0.133. The second kappa shape index (κ2) is 5.32. The van der Waals surface area contributed by atoms with Crippen molar-refractivity contribution in [1.82, 2.24) is 0 Å². The third-order valence-corrected chi connectivity index (χ3v) is 2.78. The van der Waals surface area contributed by atoms with Gasteiger partial charge in [0.2, 0.25) is 0 Å². The molecule has 76 valence electrons. The number of halogens is 1. The van der Waals surface area contributed by atoms with Crippen molar-refractivity contribution in [3.63, 3.8) is 0 Å². The number of nitrogens with zero attached hydrogens (tertiary/aromatic N) is 1. The summed E-state index contributed by atoms with van der Waals surface area (Å²) in [5.74, 6) is 0. The molecule has 0 aromatic rings. The third-order valence-electron chi connectivity index (χ3n) is 2.27. The molecule has 0 amide bonds. The first-order valence-corrected chi connectivity index (χ1v) is 5.01. The molecule has 2 atom stereocenters. The Morgan fingerprint density at radius 3 is 2.38 bits per heavy atom. The number of hydrogen-bond donors (Lipinski definition) is 0. The quantitative estimate of drug-likeness (QED) is 0.373. The van der Waals surface area contributed by atoms with Gasteiger partial charge in [0.05, 0.1) is 25.6 Å². The van der Waals surface area contributed by atoms with Crippen LogP contribution in [0.2, 0.25) is 0 Å². The van der Waals surface area contributed by atoms with Crippen molar-refractivity contribution in [3.05, 3.63) is 0 Å². The Morgan fingerprint density at radius 2 is 1.85 bits per heavy atom. The lowest BCUT2D eigenvalue weighted by Crippen LogP contribution is -2.25. The van der Waals surface area contributed by atoms with Crippen LogP contribution in [-0.4, -0.2) is 31.7 Å². The number of ether oxygens (including phenoxy) is 2. The van der Waals surface area contributed by atoms with Crippen LogP contribution >= 0.6 is 11.6 Å². The van der Waals surface area contributed by atoms with Gasteiger partial charge < -0.3 is 9.47 Å². The van der Waals surface area contributed by atoms with Gasteiger partial charge in [0.15, 0.2) is 0 Å². The maximum Gasteiger partial charge on any atom is 0.383 e. The molecule has 0 aromatic carbocycles. The molecule has 1 aliphatic carbocycles. The number of aliphatic imine (C=N–C) groups is 1. The largest absolute Gasteiger partial charge is 0.454 e. The average molecular weight is 206 g/mol. The van der Waals surface area contributed by atoms with Crippen LogP contribution in [-0.2, 0) is 9.47 Å². The summed E-state index contributed by atoms with van der Waals surface area (Å²) < 4.78 is 9.84. The first kappa shape index (κ1) is 10.6. The van der Waals surface area contributed by atoms with Gasteiger partial charge in [0.25, 0.3) is 0 Å². The molecule has 1 saturated carbocycles. The average Bonchev–Trinajstić information content (AvgIpc) is 2.17. The van der Waals surface area contributed by atoms with Crippen molar-refractivity contribution in [2.45, 2.75) is 37.1 Å². The first-order valence-electron chi connectivity index (χ1n) is 4.57. The zero-order chi connectivity index (χ0) is 9.68. The standard InChI is InChI=1S/C9H16ClNO2/c1-12-9(13-2)11-8-6-4-3-5-7(8)10/h7-8H,3-6H2,1-2H3. The number of alkyl halides is 1. The van der Waals surface area contributed by atoms with Crippen LogP contribution in [0.5, 0.6) is 0 Å². The fraction of sp³-hybridized carbons (Fsp3) is 0.889. The summed E-state index contributed by atoms with van der Waals surface area (Å²) in [5.41, 5.74) is 0. The van der Waals surface area contributed by atoms with Crippen LogP contribution < -0.4 is 0 Å². The SMILES string of the molecule is COC(=NC1CCCCC1Cl)OC. The highest BCUT2D eigenvalue weighted by Crippen LogP contribution is 2.25. The molecule has 0 spiro atoms. The van der Waals surface area contributed by atoms with Gasteiger partial charge in [0.1, 0.15) is 0 Å². The molecule has 0 N–H and O–H groups in total. The minimum atomic E-state index is 0.133. The molecule has 4 heteroatoms. The molecule has 0 saturated heterocycles. The molecule has 0 heterocycles. The van der Waals surface area contributed by atoms with Gasteiger partial charge in [-0.3, -0.25) is 0 Å². The van der Waals surface area contributed by atoms with Gasteiger partial charge in [-0.15, -0.1) is 11.6 Å². The van der Waals surface area contributed by atoms with E-state index in [1.165, 1.54) is 12.8 Å². The monoisotopic (exact) mass is 205 g/mol. The molecule has 1 rings (SSSR count). The highest BCUT2D eigenvalue weighted by Gasteiger charge is 2.23. The maximum atomic E-state index is 6.12. The number of hydrogen-bond acceptors (Lipinski definition) is 3. The summed E-state index contributed by atoms with van der Waals surface area (Å²) in [6.07, 6.45) is 4.80. The molecule has 0 aromatic heterocycles. The van der Waals surface area contributed by atoms with Crippen molar-refractivity contribution in [2.75, 3.05) is 14.2 Å². The van der Waals surface area contributed by atoms with Crippen LogP contribution in [0.1, 0.15) is 25.7 Å². The van der Waals surface area contributed by atoms with Crippen LogP contribution in [0.25, 0.3) is 0 Å². The highest BCUT2D eigenvalue weighted by molar-refractivity contribution is 6.21. The summed E-state index contributed by atoms with van der Waals surface area (Å²) in [6.45, 7) is 0. The fourth-order valence-corrected chi connectivity index (χ4v) is 1.87. The van der Waals surface area contributed by atoms with Gasteiger partial charge in [-0.25, -0.2) is 4.99 Å². The number of methoxy groups -OCH3 is 2. The summed E-state index contributed by atoms with van der Waals surface area (Å²) >= 11 is 6.12. The minimum Gasteiger partial charge on any atom is -0.454 e. The van der Waals surface area contributed by atoms with Crippen molar-refractivity contribution in [1.29, 1.82) is 0 Å². The summed E-state index contributed by atoms with van der Waals surface area (Å²) in [6, 6.07) is 0.158. The van der Waals surface area contributed by atoms with E-state index in [0.29, 0.717) is 6.08 Å². The van der Waals surface area contributed by atoms with Gasteiger partial charge >= 0.3 is 6.08 Å². The molecular formula is C9H16ClNO2. The Kier molecular flexibility index (Phi) is 4.36. The summed E-state index contributed by atoms with van der Waals surface area (Å²) in [7, 11) is 3.10. The van der Waals surface area contributed by atoms with Crippen LogP contribution in [0.3, 0.4) is 0 Å². The van der Waals surface area contributed by atoms with Crippen molar-refractivity contribution in [2.24, 2.45) is 4.99 Å². The lowest BCUT2D eigenvalue weighted by Gasteiger charge is -2.23. The van der Waals surface area contributed by atoms with Crippen molar-refractivity contribution >= 4 is 17.7 Å². The summed E-state index contributed by atoms with van der Waals surface area (Å²) in [5, 5.41) is 0.133. The Morgan fingerprint density at radius 1 is 1.23 bits per heavy atom. The molecular weight excluding hydrogens is 190 g/mol. The van der Waals surface area contributed by atoms with E-state index in [-0.39, 0.29) is 11.4 Å². The molecule has 0 bridgehead atoms. The smallest absolute Gasteiger partial charge is 0.383 e. The lowest BCUT2D eigenvalue weighted by atomic mass is 9.95. The van der Waals surface area contributed by atoms with Gasteiger partial charge in [0, 0.05) is 0 Å². The Labute approximate surface area is 84.1 Å². The molecule has 0 aliphatic heterocycles. The predicted octanol–water partition coefficient (Wildman–Crippen LogP) is 2.19. The lowest BCUT2D eigenvalue weighted by molar-refractivity contribution is 0.235. The zero-order valence-corrected chi connectivity index (χ0v) is 8.88. The summed E-state index contributed by atoms with van der Waals surface area (Å²) in [4.78, 5) is 4.29. The first-order chi connectivity index (χ1) is 6.27. The van der Waals surface area contributed by atoms with Gasteiger partial charge in [-0.2, -0.15) is 0 Å². The second-order valence-electron chi connectivity index (χ2n) is 3.17. The predicted molar refractivity (Wildman–Crippen MR) is 53.4 cm³/mol. The van der Waals surface area contributed by atoms with E-state index in [1.807, 2.05) is 0 Å². The van der Waals surface area contributed by atoms with Gasteiger partial charge in [-0.1, -0.05) is 12.8 Å². The van der Waals surface area contributed by atoms with E-state index < -0.39 is 0 Å². The van der Waals surface area contributed by atoms with E-state index in [2.05, 4.69) is 4.99 Å². The van der Waals surface area contributed by atoms with E-state index in [9.17, 15) is 0 Å². The van der Waals surface area contributed by atoms with E-state index in [1.54, 1.807) is 14.2 Å². The highest BCUT2D eigenvalue weighted by atomic mass is 35.5. The molecule has 3 nitrogen and oxygen atoms in total.